The topological polar surface area (TPSA) is 74.6 Å². The number of carbonyl (C=O) groups is 1. The second-order valence-corrected chi connectivity index (χ2v) is 7.24. The Hall–Kier alpha value is -0.750. The second kappa shape index (κ2) is 7.49. The molecule has 2 N–H and O–H groups in total. The summed E-state index contributed by atoms with van der Waals surface area (Å²) in [5.41, 5.74) is 3.33. The van der Waals surface area contributed by atoms with Gasteiger partial charge in [-0.15, -0.1) is 0 Å². The van der Waals surface area contributed by atoms with Gasteiger partial charge in [-0.05, 0) is 79.3 Å². The molecular weight excluding hydrogens is 564 g/mol. The van der Waals surface area contributed by atoms with Crippen molar-refractivity contribution in [1.82, 2.24) is 10.4 Å². The van der Waals surface area contributed by atoms with Gasteiger partial charge in [-0.3, -0.25) is 9.78 Å². The van der Waals surface area contributed by atoms with Crippen molar-refractivity contribution >= 4 is 73.2 Å². The van der Waals surface area contributed by atoms with Gasteiger partial charge in [0.25, 0.3) is 5.91 Å². The van der Waals surface area contributed by atoms with E-state index in [9.17, 15) is 9.90 Å². The third-order valence-corrected chi connectivity index (χ3v) is 4.27. The number of nitrogens with one attached hydrogen (secondary N) is 1. The van der Waals surface area contributed by atoms with Crippen LogP contribution in [0.1, 0.15) is 15.9 Å². The van der Waals surface area contributed by atoms with Crippen LogP contribution in [0.25, 0.3) is 0 Å². The minimum atomic E-state index is -0.375. The van der Waals surface area contributed by atoms with Crippen molar-refractivity contribution in [2.75, 3.05) is 0 Å². The Morgan fingerprint density at radius 2 is 2.10 bits per heavy atom. The van der Waals surface area contributed by atoms with Crippen LogP contribution in [0.2, 0.25) is 0 Å². The number of hydrazone groups is 1. The number of benzene rings is 1. The van der Waals surface area contributed by atoms with Crippen molar-refractivity contribution in [2.45, 2.75) is 0 Å². The minimum absolute atomic E-state index is 0.137. The Morgan fingerprint density at radius 3 is 2.81 bits per heavy atom. The van der Waals surface area contributed by atoms with Gasteiger partial charge in [0.1, 0.15) is 5.75 Å². The molecule has 0 atom stereocenters. The maximum Gasteiger partial charge on any atom is 0.272 e. The number of phenols is 1. The number of halogens is 3. The van der Waals surface area contributed by atoms with Crippen LogP contribution < -0.4 is 5.43 Å². The van der Waals surface area contributed by atoms with Crippen molar-refractivity contribution in [3.63, 3.8) is 0 Å². The molecule has 1 amide bonds. The van der Waals surface area contributed by atoms with Crippen LogP contribution in [0.5, 0.6) is 5.75 Å². The molecular formula is C13H8BrI2N3O2. The molecule has 0 aliphatic carbocycles. The van der Waals surface area contributed by atoms with Gasteiger partial charge in [0.2, 0.25) is 0 Å². The highest BCUT2D eigenvalue weighted by atomic mass is 127. The Balaban J connectivity index is 2.11. The number of hydrogen-bond acceptors (Lipinski definition) is 4. The monoisotopic (exact) mass is 571 g/mol. The Bertz CT molecular complexity index is 723. The van der Waals surface area contributed by atoms with E-state index < -0.39 is 0 Å². The molecule has 1 aromatic heterocycles. The number of aromatic nitrogens is 1. The molecule has 0 spiro atoms. The second-order valence-electron chi connectivity index (χ2n) is 3.92. The summed E-state index contributed by atoms with van der Waals surface area (Å²) in [5, 5.41) is 13.8. The Kier molecular flexibility index (Phi) is 5.93. The maximum atomic E-state index is 11.9. The Morgan fingerprint density at radius 1 is 1.33 bits per heavy atom. The van der Waals surface area contributed by atoms with Gasteiger partial charge >= 0.3 is 0 Å². The van der Waals surface area contributed by atoms with E-state index in [4.69, 9.17) is 0 Å². The van der Waals surface area contributed by atoms with E-state index in [1.54, 1.807) is 18.3 Å². The predicted octanol–water partition coefficient (Wildman–Crippen LogP) is 3.52. The number of amides is 1. The molecule has 0 aliphatic rings. The molecule has 0 radical (unpaired) electrons. The van der Waals surface area contributed by atoms with E-state index in [1.165, 1.54) is 12.4 Å². The average Bonchev–Trinajstić information content (AvgIpc) is 2.43. The molecule has 5 nitrogen and oxygen atoms in total. The largest absolute Gasteiger partial charge is 0.506 e. The van der Waals surface area contributed by atoms with Crippen LogP contribution in [0.4, 0.5) is 0 Å². The fraction of sp³-hybridized carbons (Fsp3) is 0. The van der Waals surface area contributed by atoms with Crippen molar-refractivity contribution in [3.8, 4) is 5.75 Å². The summed E-state index contributed by atoms with van der Waals surface area (Å²) in [7, 11) is 0. The summed E-state index contributed by atoms with van der Waals surface area (Å²) in [6.07, 6.45) is 4.44. The van der Waals surface area contributed by atoms with E-state index in [0.29, 0.717) is 15.6 Å². The van der Waals surface area contributed by atoms with E-state index in [-0.39, 0.29) is 11.7 Å². The van der Waals surface area contributed by atoms with Crippen LogP contribution in [0.3, 0.4) is 0 Å². The third kappa shape index (κ3) is 4.61. The molecule has 0 saturated carbocycles. The molecule has 108 valence electrons. The van der Waals surface area contributed by atoms with Gasteiger partial charge in [-0.2, -0.15) is 5.10 Å². The van der Waals surface area contributed by atoms with Gasteiger partial charge in [0.05, 0.1) is 15.3 Å². The van der Waals surface area contributed by atoms with Gasteiger partial charge in [-0.25, -0.2) is 5.43 Å². The third-order valence-electron chi connectivity index (χ3n) is 2.39. The fourth-order valence-electron chi connectivity index (χ4n) is 1.45. The van der Waals surface area contributed by atoms with E-state index >= 15 is 0 Å². The van der Waals surface area contributed by atoms with Crippen LogP contribution in [0, 0.1) is 7.14 Å². The molecule has 0 fully saturated rings. The molecule has 0 aliphatic heterocycles. The van der Waals surface area contributed by atoms with Crippen LogP contribution in [-0.4, -0.2) is 22.2 Å². The van der Waals surface area contributed by atoms with Crippen molar-refractivity contribution in [2.24, 2.45) is 5.10 Å². The standard InChI is InChI=1S/C13H8BrI2N3O2/c14-9-1-8(4-17-6-9)13(21)19-18-5-7-2-10(15)3-11(16)12(7)20/h1-6,20H,(H,19,21)/b18-5-. The summed E-state index contributed by atoms with van der Waals surface area (Å²) >= 11 is 7.43. The number of carbonyl (C=O) groups excluding carboxylic acids is 1. The van der Waals surface area contributed by atoms with Crippen LogP contribution >= 0.6 is 61.1 Å². The number of rotatable bonds is 3. The SMILES string of the molecule is O=C(N/N=C\c1cc(I)cc(I)c1O)c1cncc(Br)c1. The summed E-state index contributed by atoms with van der Waals surface area (Å²) < 4.78 is 2.41. The van der Waals surface area contributed by atoms with E-state index in [2.05, 4.69) is 54.0 Å². The van der Waals surface area contributed by atoms with Crippen LogP contribution in [0.15, 0.2) is 40.2 Å². The van der Waals surface area contributed by atoms with Crippen molar-refractivity contribution in [3.05, 3.63) is 53.3 Å². The van der Waals surface area contributed by atoms with Crippen molar-refractivity contribution in [1.29, 1.82) is 0 Å². The maximum absolute atomic E-state index is 11.9. The van der Waals surface area contributed by atoms with Gasteiger partial charge in [0.15, 0.2) is 0 Å². The molecule has 21 heavy (non-hydrogen) atoms. The molecule has 1 aromatic carbocycles. The first-order valence-corrected chi connectivity index (χ1v) is 8.54. The number of nitrogens with zero attached hydrogens (tertiary/aromatic N) is 2. The summed E-state index contributed by atoms with van der Waals surface area (Å²) in [6, 6.07) is 5.26. The first-order chi connectivity index (χ1) is 9.97. The van der Waals surface area contributed by atoms with Gasteiger partial charge in [0, 0.05) is 26.0 Å². The zero-order chi connectivity index (χ0) is 15.4. The molecule has 0 unspecified atom stereocenters. The summed E-state index contributed by atoms with van der Waals surface area (Å²) in [5.74, 6) is -0.238. The van der Waals surface area contributed by atoms with E-state index in [1.807, 2.05) is 28.7 Å². The first-order valence-electron chi connectivity index (χ1n) is 5.59. The molecule has 2 rings (SSSR count). The molecule has 2 aromatic rings. The molecule has 0 saturated heterocycles. The number of pyridine rings is 1. The lowest BCUT2D eigenvalue weighted by molar-refractivity contribution is 0.0954. The summed E-state index contributed by atoms with van der Waals surface area (Å²) in [6.45, 7) is 0. The lowest BCUT2D eigenvalue weighted by Crippen LogP contribution is -2.17. The highest BCUT2D eigenvalue weighted by Crippen LogP contribution is 2.25. The number of phenolic OH excluding ortho intramolecular Hbond substituents is 1. The molecule has 0 bridgehead atoms. The highest BCUT2D eigenvalue weighted by molar-refractivity contribution is 14.1. The van der Waals surface area contributed by atoms with Gasteiger partial charge in [-0.1, -0.05) is 0 Å². The minimum Gasteiger partial charge on any atom is -0.506 e. The quantitative estimate of drug-likeness (QED) is 0.336. The lowest BCUT2D eigenvalue weighted by atomic mass is 10.2. The fourth-order valence-corrected chi connectivity index (χ4v) is 3.70. The normalized spacial score (nSPS) is 10.8. The smallest absolute Gasteiger partial charge is 0.272 e. The first kappa shape index (κ1) is 16.6. The van der Waals surface area contributed by atoms with E-state index in [0.717, 1.165) is 7.14 Å². The predicted molar refractivity (Wildman–Crippen MR) is 101 cm³/mol. The molecule has 1 heterocycles. The average molecular weight is 572 g/mol. The van der Waals surface area contributed by atoms with Gasteiger partial charge < -0.3 is 5.11 Å². The van der Waals surface area contributed by atoms with Crippen LogP contribution in [-0.2, 0) is 0 Å². The zero-order valence-electron chi connectivity index (χ0n) is 10.3. The Labute approximate surface area is 156 Å². The number of hydrogen-bond donors (Lipinski definition) is 2. The van der Waals surface area contributed by atoms with Crippen molar-refractivity contribution < 1.29 is 9.90 Å². The summed E-state index contributed by atoms with van der Waals surface area (Å²) in [4.78, 5) is 15.8. The zero-order valence-corrected chi connectivity index (χ0v) is 16.2. The number of aromatic hydroxyl groups is 1. The highest BCUT2D eigenvalue weighted by Gasteiger charge is 2.07. The molecule has 8 heteroatoms. The lowest BCUT2D eigenvalue weighted by Gasteiger charge is -2.03.